The van der Waals surface area contributed by atoms with E-state index in [1.54, 1.807) is 6.07 Å². The van der Waals surface area contributed by atoms with Gasteiger partial charge in [0.25, 0.3) is 0 Å². The summed E-state index contributed by atoms with van der Waals surface area (Å²) < 4.78 is 23.2. The molecule has 7 nitrogen and oxygen atoms in total. The first-order valence-electron chi connectivity index (χ1n) is 6.46. The highest BCUT2D eigenvalue weighted by molar-refractivity contribution is 6.30. The Morgan fingerprint density at radius 1 is 1.50 bits per heavy atom. The quantitative estimate of drug-likeness (QED) is 0.777. The molecule has 1 aromatic heterocycles. The van der Waals surface area contributed by atoms with Crippen molar-refractivity contribution >= 4 is 29.2 Å². The number of Topliss-reactive ketones (excluding diaryl/α,β-unsaturated/α-hetero) is 1. The van der Waals surface area contributed by atoms with Crippen LogP contribution in [0.2, 0.25) is 5.02 Å². The van der Waals surface area contributed by atoms with Crippen LogP contribution in [0.15, 0.2) is 18.3 Å². The summed E-state index contributed by atoms with van der Waals surface area (Å²) in [4.78, 5) is 26.7. The molecule has 1 heterocycles. The summed E-state index contributed by atoms with van der Waals surface area (Å²) in [6.45, 7) is 1.02. The van der Waals surface area contributed by atoms with Crippen molar-refractivity contribution in [3.63, 3.8) is 0 Å². The molecule has 2 N–H and O–H groups in total. The molecule has 2 rings (SSSR count). The van der Waals surface area contributed by atoms with Crippen molar-refractivity contribution in [1.29, 1.82) is 0 Å². The lowest BCUT2D eigenvalue weighted by atomic mass is 10.4. The number of carbonyl (C=O) groups excluding carboxylic acids is 2. The zero-order valence-electron chi connectivity index (χ0n) is 11.9. The van der Waals surface area contributed by atoms with Gasteiger partial charge >= 0.3 is 12.1 Å². The van der Waals surface area contributed by atoms with Gasteiger partial charge in [-0.3, -0.25) is 10.1 Å². The van der Waals surface area contributed by atoms with Gasteiger partial charge in [-0.25, -0.2) is 9.78 Å². The van der Waals surface area contributed by atoms with Crippen LogP contribution in [0, 0.1) is 0 Å². The average Bonchev–Trinajstić information content (AvgIpc) is 3.18. The first-order chi connectivity index (χ1) is 10.3. The topological polar surface area (TPSA) is 89.6 Å². The van der Waals surface area contributed by atoms with Crippen molar-refractivity contribution < 1.29 is 23.5 Å². The predicted molar refractivity (Wildman–Crippen MR) is 76.2 cm³/mol. The second-order valence-electron chi connectivity index (χ2n) is 4.76. The molecular weight excluding hydrogens is 317 g/mol. The van der Waals surface area contributed by atoms with Crippen molar-refractivity contribution in [2.24, 2.45) is 0 Å². The number of nitrogens with zero attached hydrogens (tertiary/aromatic N) is 1. The number of hydrogen-bond acceptors (Lipinski definition) is 5. The Morgan fingerprint density at radius 3 is 2.77 bits per heavy atom. The normalized spacial score (nSPS) is 22.5. The number of ketones is 1. The van der Waals surface area contributed by atoms with Crippen molar-refractivity contribution in [3.05, 3.63) is 23.4 Å². The molecule has 2 amide bonds. The molecule has 1 fully saturated rings. The smallest absolute Gasteiger partial charge is 0.332 e. The van der Waals surface area contributed by atoms with Crippen LogP contribution in [0.4, 0.5) is 15.0 Å². The van der Waals surface area contributed by atoms with Gasteiger partial charge < -0.3 is 14.8 Å². The molecule has 0 bridgehead atoms. The molecule has 1 aliphatic carbocycles. The fourth-order valence-corrected chi connectivity index (χ4v) is 1.81. The zero-order chi connectivity index (χ0) is 16.3. The molecular formula is C13H15ClFN3O4. The number of alkyl halides is 1. The molecule has 0 saturated heterocycles. The third-order valence-corrected chi connectivity index (χ3v) is 3.23. The summed E-state index contributed by atoms with van der Waals surface area (Å²) in [5.74, 6) is -0.573. The molecule has 22 heavy (non-hydrogen) atoms. The van der Waals surface area contributed by atoms with Gasteiger partial charge in [-0.2, -0.15) is 4.39 Å². The van der Waals surface area contributed by atoms with E-state index in [4.69, 9.17) is 16.3 Å². The second kappa shape index (κ2) is 6.55. The highest BCUT2D eigenvalue weighted by atomic mass is 35.5. The Kier molecular flexibility index (Phi) is 4.94. The van der Waals surface area contributed by atoms with Gasteiger partial charge in [0.1, 0.15) is 5.82 Å². The van der Waals surface area contributed by atoms with E-state index in [0.29, 0.717) is 17.3 Å². The van der Waals surface area contributed by atoms with Crippen LogP contribution in [0.1, 0.15) is 13.3 Å². The maximum Gasteiger partial charge on any atom is 0.382 e. The van der Waals surface area contributed by atoms with Gasteiger partial charge in [-0.1, -0.05) is 11.6 Å². The minimum Gasteiger partial charge on any atom is -0.332 e. The lowest BCUT2D eigenvalue weighted by Gasteiger charge is -2.20. The molecule has 120 valence electrons. The fourth-order valence-electron chi connectivity index (χ4n) is 1.69. The number of ether oxygens (including phenoxy) is 2. The van der Waals surface area contributed by atoms with Crippen LogP contribution in [0.5, 0.6) is 0 Å². The molecule has 3 atom stereocenters. The van der Waals surface area contributed by atoms with Crippen molar-refractivity contribution in [3.8, 4) is 0 Å². The number of pyridine rings is 1. The number of methoxy groups -OCH3 is 1. The number of hydrogen-bond donors (Lipinski definition) is 2. The summed E-state index contributed by atoms with van der Waals surface area (Å²) >= 11 is 5.68. The Morgan fingerprint density at radius 2 is 2.23 bits per heavy atom. The third-order valence-electron chi connectivity index (χ3n) is 3.00. The van der Waals surface area contributed by atoms with Crippen LogP contribution < -0.4 is 10.6 Å². The maximum atomic E-state index is 13.9. The third kappa shape index (κ3) is 4.12. The van der Waals surface area contributed by atoms with Gasteiger partial charge in [0.15, 0.2) is 0 Å². The minimum atomic E-state index is -2.78. The molecule has 1 saturated carbocycles. The second-order valence-corrected chi connectivity index (χ2v) is 5.19. The van der Waals surface area contributed by atoms with Gasteiger partial charge in [-0.05, 0) is 18.6 Å². The molecule has 3 unspecified atom stereocenters. The number of halogens is 2. The number of nitrogens with one attached hydrogen (secondary N) is 2. The zero-order valence-corrected chi connectivity index (χ0v) is 12.7. The molecule has 0 aromatic carbocycles. The highest BCUT2D eigenvalue weighted by Crippen LogP contribution is 2.32. The lowest BCUT2D eigenvalue weighted by Crippen LogP contribution is -2.40. The van der Waals surface area contributed by atoms with Gasteiger partial charge in [0.2, 0.25) is 5.78 Å². The van der Waals surface area contributed by atoms with E-state index < -0.39 is 30.0 Å². The van der Waals surface area contributed by atoms with E-state index in [9.17, 15) is 14.0 Å². The largest absolute Gasteiger partial charge is 0.382 e. The number of urea groups is 1. The van der Waals surface area contributed by atoms with Gasteiger partial charge in [-0.15, -0.1) is 0 Å². The predicted octanol–water partition coefficient (Wildman–Crippen LogP) is 1.87. The van der Waals surface area contributed by atoms with Crippen LogP contribution >= 0.6 is 11.6 Å². The summed E-state index contributed by atoms with van der Waals surface area (Å²) in [6, 6.07) is -0.589. The van der Waals surface area contributed by atoms with Crippen molar-refractivity contribution in [2.75, 3.05) is 12.4 Å². The van der Waals surface area contributed by atoms with E-state index in [1.807, 2.05) is 0 Å². The monoisotopic (exact) mass is 331 g/mol. The number of anilines is 1. The number of aromatic nitrogens is 1. The average molecular weight is 332 g/mol. The number of rotatable bonds is 6. The van der Waals surface area contributed by atoms with Gasteiger partial charge in [0, 0.05) is 20.2 Å². The highest BCUT2D eigenvalue weighted by Gasteiger charge is 2.49. The fraction of sp³-hybridized carbons (Fsp3) is 0.462. The van der Waals surface area contributed by atoms with Gasteiger partial charge in [0.05, 0.1) is 17.2 Å². The lowest BCUT2D eigenvalue weighted by molar-refractivity contribution is -0.287. The molecule has 1 aliphatic rings. The van der Waals surface area contributed by atoms with Crippen LogP contribution in [0.25, 0.3) is 0 Å². The van der Waals surface area contributed by atoms with Crippen LogP contribution in [0.3, 0.4) is 0 Å². The summed E-state index contributed by atoms with van der Waals surface area (Å²) in [6.07, 6.45) is 1.14. The van der Waals surface area contributed by atoms with E-state index in [-0.39, 0.29) is 0 Å². The molecule has 1 aromatic rings. The summed E-state index contributed by atoms with van der Waals surface area (Å²) in [5, 5.41) is 5.51. The minimum absolute atomic E-state index is 0.320. The van der Waals surface area contributed by atoms with E-state index >= 15 is 0 Å². The standard InChI is InChI=1S/C13H15ClFN3O4/c1-7(19)13(15,21-2)22-10-5-9(10)17-12(20)18-11-4-3-8(14)6-16-11/h3-4,6,9-10H,5H2,1-2H3,(H2,16,17,18,20). The SMILES string of the molecule is COC(F)(OC1CC1NC(=O)Nc1ccc(Cl)cn1)C(C)=O. The van der Waals surface area contributed by atoms with E-state index in [0.717, 1.165) is 14.0 Å². The first kappa shape index (κ1) is 16.6. The molecule has 0 spiro atoms. The van der Waals surface area contributed by atoms with Crippen molar-refractivity contribution in [2.45, 2.75) is 31.5 Å². The summed E-state index contributed by atoms with van der Waals surface area (Å²) in [7, 11) is 1.03. The van der Waals surface area contributed by atoms with Crippen LogP contribution in [-0.2, 0) is 14.3 Å². The van der Waals surface area contributed by atoms with E-state index in [2.05, 4.69) is 20.4 Å². The first-order valence-corrected chi connectivity index (χ1v) is 6.84. The van der Waals surface area contributed by atoms with Crippen molar-refractivity contribution in [1.82, 2.24) is 10.3 Å². The number of carbonyl (C=O) groups is 2. The molecule has 0 aliphatic heterocycles. The Hall–Kier alpha value is -1.77. The summed E-state index contributed by atoms with van der Waals surface area (Å²) in [5.41, 5.74) is 0. The Labute approximate surface area is 131 Å². The van der Waals surface area contributed by atoms with E-state index in [1.165, 1.54) is 12.3 Å². The number of amides is 2. The Bertz CT molecular complexity index is 571. The molecule has 9 heteroatoms. The maximum absolute atomic E-state index is 13.9. The molecule has 0 radical (unpaired) electrons. The van der Waals surface area contributed by atoms with Crippen LogP contribution in [-0.4, -0.2) is 42.1 Å². The Balaban J connectivity index is 1.80.